The number of hydrogen-bond donors (Lipinski definition) is 1. The molecule has 14 heavy (non-hydrogen) atoms. The first-order valence-electron chi connectivity index (χ1n) is 5.53. The maximum Gasteiger partial charge on any atom is 0.0909 e. The molecule has 84 valence electrons. The van der Waals surface area contributed by atoms with Gasteiger partial charge in [-0.25, -0.2) is 0 Å². The van der Waals surface area contributed by atoms with E-state index in [0.717, 1.165) is 12.8 Å². The van der Waals surface area contributed by atoms with Crippen molar-refractivity contribution in [3.63, 3.8) is 0 Å². The number of aliphatic hydroxyl groups excluding tert-OH is 1. The van der Waals surface area contributed by atoms with Gasteiger partial charge in [0.1, 0.15) is 0 Å². The fourth-order valence-corrected chi connectivity index (χ4v) is 1.25. The molecule has 0 amide bonds. The number of ether oxygens (including phenoxy) is 1. The largest absolute Gasteiger partial charge is 0.512 e. The van der Waals surface area contributed by atoms with Gasteiger partial charge in [0.25, 0.3) is 0 Å². The topological polar surface area (TPSA) is 29.5 Å². The van der Waals surface area contributed by atoms with Crippen molar-refractivity contribution in [1.29, 1.82) is 0 Å². The minimum Gasteiger partial charge on any atom is -0.512 e. The first kappa shape index (κ1) is 13.5. The van der Waals surface area contributed by atoms with E-state index in [2.05, 4.69) is 6.92 Å². The van der Waals surface area contributed by atoms with E-state index in [-0.39, 0.29) is 12.0 Å². The minimum absolute atomic E-state index is 0.221. The van der Waals surface area contributed by atoms with Crippen LogP contribution in [0.2, 0.25) is 0 Å². The van der Waals surface area contributed by atoms with Crippen molar-refractivity contribution in [2.24, 2.45) is 5.92 Å². The van der Waals surface area contributed by atoms with E-state index in [1.165, 1.54) is 12.8 Å². The summed E-state index contributed by atoms with van der Waals surface area (Å²) in [5.41, 5.74) is 0. The van der Waals surface area contributed by atoms with E-state index < -0.39 is 0 Å². The van der Waals surface area contributed by atoms with Crippen molar-refractivity contribution >= 4 is 0 Å². The lowest BCUT2D eigenvalue weighted by Crippen LogP contribution is -2.09. The molecule has 0 bridgehead atoms. The van der Waals surface area contributed by atoms with Crippen molar-refractivity contribution in [2.75, 3.05) is 7.11 Å². The highest BCUT2D eigenvalue weighted by Gasteiger charge is 2.06. The Bertz CT molecular complexity index is 162. The molecule has 0 rings (SSSR count). The summed E-state index contributed by atoms with van der Waals surface area (Å²) in [6.07, 6.45) is 6.43. The van der Waals surface area contributed by atoms with Crippen molar-refractivity contribution in [1.82, 2.24) is 0 Å². The lowest BCUT2D eigenvalue weighted by molar-refractivity contribution is 0.0947. The zero-order valence-corrected chi connectivity index (χ0v) is 9.92. The van der Waals surface area contributed by atoms with Crippen LogP contribution in [0.4, 0.5) is 0 Å². The Hall–Kier alpha value is -0.500. The zero-order chi connectivity index (χ0) is 11.0. The number of hydrogen-bond acceptors (Lipinski definition) is 2. The second kappa shape index (κ2) is 7.86. The molecule has 0 heterocycles. The van der Waals surface area contributed by atoms with Crippen molar-refractivity contribution in [3.05, 3.63) is 11.8 Å². The molecule has 0 aliphatic carbocycles. The third-order valence-electron chi connectivity index (χ3n) is 2.39. The molecule has 2 heteroatoms. The van der Waals surface area contributed by atoms with E-state index in [4.69, 9.17) is 4.74 Å². The zero-order valence-electron chi connectivity index (χ0n) is 9.92. The average molecular weight is 200 g/mol. The summed E-state index contributed by atoms with van der Waals surface area (Å²) in [6, 6.07) is 0. The molecule has 0 spiro atoms. The summed E-state index contributed by atoms with van der Waals surface area (Å²) < 4.78 is 5.33. The quantitative estimate of drug-likeness (QED) is 0.635. The number of unbranched alkanes of at least 4 members (excludes halogenated alkanes) is 1. The Morgan fingerprint density at radius 3 is 2.50 bits per heavy atom. The fourth-order valence-electron chi connectivity index (χ4n) is 1.25. The monoisotopic (exact) mass is 200 g/mol. The summed E-state index contributed by atoms with van der Waals surface area (Å²) in [5, 5.41) is 9.50. The molecular formula is C12H24O2. The molecule has 0 saturated carbocycles. The maximum absolute atomic E-state index is 9.50. The van der Waals surface area contributed by atoms with Crippen LogP contribution in [0.5, 0.6) is 0 Å². The lowest BCUT2D eigenvalue weighted by Gasteiger charge is -2.13. The normalized spacial score (nSPS) is 14.8. The average Bonchev–Trinajstić information content (AvgIpc) is 2.17. The lowest BCUT2D eigenvalue weighted by atomic mass is 10.1. The van der Waals surface area contributed by atoms with Gasteiger partial charge in [-0.2, -0.15) is 0 Å². The Morgan fingerprint density at radius 2 is 2.07 bits per heavy atom. The molecule has 0 aliphatic heterocycles. The molecule has 0 aromatic carbocycles. The van der Waals surface area contributed by atoms with Crippen molar-refractivity contribution < 1.29 is 9.84 Å². The van der Waals surface area contributed by atoms with Gasteiger partial charge in [0.2, 0.25) is 0 Å². The highest BCUT2D eigenvalue weighted by atomic mass is 16.5. The third kappa shape index (κ3) is 6.03. The van der Waals surface area contributed by atoms with Gasteiger partial charge in [0.15, 0.2) is 0 Å². The fraction of sp³-hybridized carbons (Fsp3) is 0.833. The minimum atomic E-state index is 0.221. The van der Waals surface area contributed by atoms with Crippen LogP contribution in [0.25, 0.3) is 0 Å². The number of methoxy groups -OCH3 is 1. The van der Waals surface area contributed by atoms with Gasteiger partial charge < -0.3 is 9.84 Å². The van der Waals surface area contributed by atoms with Gasteiger partial charge in [-0.1, -0.05) is 33.6 Å². The van der Waals surface area contributed by atoms with E-state index in [1.54, 1.807) is 7.11 Å². The molecule has 1 atom stereocenters. The highest BCUT2D eigenvalue weighted by molar-refractivity contribution is 4.94. The van der Waals surface area contributed by atoms with Crippen molar-refractivity contribution in [2.45, 2.75) is 52.6 Å². The molecule has 0 aromatic heterocycles. The van der Waals surface area contributed by atoms with E-state index in [0.29, 0.717) is 5.76 Å². The molecule has 1 N–H and O–H groups in total. The molecule has 1 unspecified atom stereocenters. The summed E-state index contributed by atoms with van der Waals surface area (Å²) in [5.74, 6) is 0.697. The first-order valence-corrected chi connectivity index (χ1v) is 5.53. The van der Waals surface area contributed by atoms with E-state index in [9.17, 15) is 5.11 Å². The molecule has 0 aromatic rings. The van der Waals surface area contributed by atoms with Crippen LogP contribution < -0.4 is 0 Å². The summed E-state index contributed by atoms with van der Waals surface area (Å²) in [4.78, 5) is 0. The molecular weight excluding hydrogens is 176 g/mol. The van der Waals surface area contributed by atoms with Crippen LogP contribution in [-0.2, 0) is 4.74 Å². The molecule has 2 nitrogen and oxygen atoms in total. The Labute approximate surface area is 88.0 Å². The standard InChI is InChI=1S/C12H24O2/c1-5-6-7-11(14-4)8-9-12(13)10(2)3/h9-11,13H,5-8H2,1-4H3. The molecule has 0 aliphatic rings. The Morgan fingerprint density at radius 1 is 1.43 bits per heavy atom. The Kier molecular flexibility index (Phi) is 7.58. The predicted molar refractivity (Wildman–Crippen MR) is 60.5 cm³/mol. The number of aliphatic hydroxyl groups is 1. The van der Waals surface area contributed by atoms with Crippen LogP contribution in [0.3, 0.4) is 0 Å². The maximum atomic E-state index is 9.50. The summed E-state index contributed by atoms with van der Waals surface area (Å²) in [7, 11) is 1.74. The third-order valence-corrected chi connectivity index (χ3v) is 2.39. The predicted octanol–water partition coefficient (Wildman–Crippen LogP) is 3.68. The smallest absolute Gasteiger partial charge is 0.0909 e. The van der Waals surface area contributed by atoms with Gasteiger partial charge in [-0.05, 0) is 18.9 Å². The van der Waals surface area contributed by atoms with Crippen LogP contribution >= 0.6 is 0 Å². The molecule has 0 fully saturated rings. The van der Waals surface area contributed by atoms with Crippen LogP contribution in [-0.4, -0.2) is 18.3 Å². The van der Waals surface area contributed by atoms with E-state index >= 15 is 0 Å². The molecule has 0 radical (unpaired) electrons. The number of allylic oxidation sites excluding steroid dienone is 1. The Balaban J connectivity index is 3.87. The second-order valence-corrected chi connectivity index (χ2v) is 4.02. The first-order chi connectivity index (χ1) is 6.61. The van der Waals surface area contributed by atoms with Crippen LogP contribution in [0.15, 0.2) is 11.8 Å². The van der Waals surface area contributed by atoms with Gasteiger partial charge in [0.05, 0.1) is 11.9 Å². The molecule has 0 saturated heterocycles. The van der Waals surface area contributed by atoms with Gasteiger partial charge in [-0.3, -0.25) is 0 Å². The van der Waals surface area contributed by atoms with Gasteiger partial charge >= 0.3 is 0 Å². The second-order valence-electron chi connectivity index (χ2n) is 4.02. The summed E-state index contributed by atoms with van der Waals surface area (Å²) in [6.45, 7) is 6.15. The summed E-state index contributed by atoms with van der Waals surface area (Å²) >= 11 is 0. The van der Waals surface area contributed by atoms with Crippen LogP contribution in [0, 0.1) is 5.92 Å². The van der Waals surface area contributed by atoms with Crippen molar-refractivity contribution in [3.8, 4) is 0 Å². The van der Waals surface area contributed by atoms with Crippen LogP contribution in [0.1, 0.15) is 46.5 Å². The van der Waals surface area contributed by atoms with Gasteiger partial charge in [-0.15, -0.1) is 0 Å². The van der Waals surface area contributed by atoms with Gasteiger partial charge in [0, 0.05) is 13.0 Å². The highest BCUT2D eigenvalue weighted by Crippen LogP contribution is 2.12. The van der Waals surface area contributed by atoms with E-state index in [1.807, 2.05) is 19.9 Å². The SMILES string of the molecule is CCCCC(CC=C(O)C(C)C)OC. The number of rotatable bonds is 7.